The van der Waals surface area contributed by atoms with Gasteiger partial charge in [-0.2, -0.15) is 0 Å². The molecule has 4 heterocycles. The molecule has 0 bridgehead atoms. The van der Waals surface area contributed by atoms with E-state index in [0.717, 1.165) is 36.8 Å². The van der Waals surface area contributed by atoms with Gasteiger partial charge in [0.15, 0.2) is 5.82 Å². The number of hydrogen-bond acceptors (Lipinski definition) is 8. The van der Waals surface area contributed by atoms with Gasteiger partial charge in [0, 0.05) is 10.5 Å². The van der Waals surface area contributed by atoms with Gasteiger partial charge >= 0.3 is 0 Å². The SMILES string of the molecule is COc1cccc(-c2sc3nc(-c4cccs4)nc(NC4=C(C)C(=O)NC4=O)c3c2C)c1. The Morgan fingerprint density at radius 2 is 1.91 bits per heavy atom. The summed E-state index contributed by atoms with van der Waals surface area (Å²) in [6.45, 7) is 3.62. The fourth-order valence-corrected chi connectivity index (χ4v) is 5.43. The lowest BCUT2D eigenvalue weighted by atomic mass is 10.1. The van der Waals surface area contributed by atoms with Gasteiger partial charge in [0.1, 0.15) is 22.1 Å². The van der Waals surface area contributed by atoms with E-state index in [1.165, 1.54) is 11.3 Å². The highest BCUT2D eigenvalue weighted by atomic mass is 32.1. The molecule has 4 aromatic rings. The van der Waals surface area contributed by atoms with Gasteiger partial charge in [0.2, 0.25) is 0 Å². The molecule has 160 valence electrons. The van der Waals surface area contributed by atoms with Crippen LogP contribution in [0.25, 0.3) is 31.4 Å². The van der Waals surface area contributed by atoms with Crippen molar-refractivity contribution in [3.63, 3.8) is 0 Å². The lowest BCUT2D eigenvalue weighted by molar-refractivity contribution is -0.124. The molecule has 3 aromatic heterocycles. The van der Waals surface area contributed by atoms with Crippen LogP contribution in [-0.2, 0) is 9.59 Å². The molecule has 1 aromatic carbocycles. The van der Waals surface area contributed by atoms with E-state index in [1.54, 1.807) is 25.4 Å². The van der Waals surface area contributed by atoms with Crippen LogP contribution in [0.3, 0.4) is 0 Å². The van der Waals surface area contributed by atoms with Gasteiger partial charge in [-0.15, -0.1) is 22.7 Å². The number of nitrogens with one attached hydrogen (secondary N) is 2. The molecule has 0 saturated heterocycles. The van der Waals surface area contributed by atoms with Gasteiger partial charge in [-0.25, -0.2) is 9.97 Å². The molecule has 7 nitrogen and oxygen atoms in total. The zero-order valence-corrected chi connectivity index (χ0v) is 19.1. The number of fused-ring (bicyclic) bond motifs is 1. The van der Waals surface area contributed by atoms with Crippen molar-refractivity contribution in [1.82, 2.24) is 15.3 Å². The summed E-state index contributed by atoms with van der Waals surface area (Å²) in [5.74, 6) is 0.972. The molecule has 32 heavy (non-hydrogen) atoms. The predicted molar refractivity (Wildman–Crippen MR) is 127 cm³/mol. The minimum atomic E-state index is -0.460. The first-order valence-corrected chi connectivity index (χ1v) is 11.5. The van der Waals surface area contributed by atoms with Crippen molar-refractivity contribution in [2.75, 3.05) is 12.4 Å². The maximum Gasteiger partial charge on any atom is 0.275 e. The number of imide groups is 1. The van der Waals surface area contributed by atoms with Crippen LogP contribution in [0.2, 0.25) is 0 Å². The van der Waals surface area contributed by atoms with Gasteiger partial charge in [-0.05, 0) is 48.6 Å². The highest BCUT2D eigenvalue weighted by Crippen LogP contribution is 2.42. The van der Waals surface area contributed by atoms with Crippen molar-refractivity contribution in [3.8, 4) is 26.9 Å². The first-order chi connectivity index (χ1) is 15.5. The number of hydrogen-bond donors (Lipinski definition) is 2. The van der Waals surface area contributed by atoms with Crippen molar-refractivity contribution in [3.05, 3.63) is 58.6 Å². The molecule has 2 N–H and O–H groups in total. The van der Waals surface area contributed by atoms with Gasteiger partial charge < -0.3 is 10.1 Å². The van der Waals surface area contributed by atoms with Crippen LogP contribution in [0.15, 0.2) is 53.0 Å². The molecule has 0 saturated carbocycles. The number of ether oxygens (including phenoxy) is 1. The Morgan fingerprint density at radius 3 is 2.59 bits per heavy atom. The Morgan fingerprint density at radius 1 is 1.06 bits per heavy atom. The first-order valence-electron chi connectivity index (χ1n) is 9.79. The summed E-state index contributed by atoms with van der Waals surface area (Å²) in [7, 11) is 1.64. The fourth-order valence-electron chi connectivity index (χ4n) is 3.60. The molecule has 9 heteroatoms. The van der Waals surface area contributed by atoms with E-state index in [0.29, 0.717) is 17.2 Å². The Kier molecular flexibility index (Phi) is 4.99. The molecule has 0 aliphatic carbocycles. The average Bonchev–Trinajstić information content (AvgIpc) is 3.50. The average molecular weight is 463 g/mol. The summed E-state index contributed by atoms with van der Waals surface area (Å²) in [6.07, 6.45) is 0. The standard InChI is InChI=1S/C23H18N4O3S2/c1-11-16-20(24-17-12(2)21(28)27-22(17)29)25-19(15-8-5-9-31-15)26-23(16)32-18(11)13-6-4-7-14(10-13)30-3/h4-10H,1-3H3,(H2,24,25,26,27,28,29). The number of thiophene rings is 2. The van der Waals surface area contributed by atoms with Gasteiger partial charge in [-0.3, -0.25) is 14.9 Å². The molecule has 2 amide bonds. The zero-order chi connectivity index (χ0) is 22.4. The van der Waals surface area contributed by atoms with Gasteiger partial charge in [-0.1, -0.05) is 18.2 Å². The van der Waals surface area contributed by atoms with E-state index >= 15 is 0 Å². The normalized spacial score (nSPS) is 13.7. The van der Waals surface area contributed by atoms with Crippen molar-refractivity contribution in [1.29, 1.82) is 0 Å². The predicted octanol–water partition coefficient (Wildman–Crippen LogP) is 4.75. The Hall–Kier alpha value is -3.56. The molecule has 0 fully saturated rings. The van der Waals surface area contributed by atoms with Crippen LogP contribution >= 0.6 is 22.7 Å². The largest absolute Gasteiger partial charge is 0.497 e. The third kappa shape index (κ3) is 3.35. The lowest BCUT2D eigenvalue weighted by Gasteiger charge is -2.10. The molecular weight excluding hydrogens is 444 g/mol. The van der Waals surface area contributed by atoms with Gasteiger partial charge in [0.25, 0.3) is 11.8 Å². The van der Waals surface area contributed by atoms with Crippen LogP contribution in [0, 0.1) is 6.92 Å². The second kappa shape index (κ2) is 7.85. The van der Waals surface area contributed by atoms with E-state index in [-0.39, 0.29) is 5.70 Å². The second-order valence-electron chi connectivity index (χ2n) is 7.25. The van der Waals surface area contributed by atoms with E-state index in [4.69, 9.17) is 14.7 Å². The van der Waals surface area contributed by atoms with E-state index in [9.17, 15) is 9.59 Å². The maximum absolute atomic E-state index is 12.3. The van der Waals surface area contributed by atoms with E-state index in [2.05, 4.69) is 10.6 Å². The van der Waals surface area contributed by atoms with E-state index < -0.39 is 11.8 Å². The summed E-state index contributed by atoms with van der Waals surface area (Å²) in [6, 6.07) is 11.7. The van der Waals surface area contributed by atoms with Crippen LogP contribution in [-0.4, -0.2) is 28.9 Å². The number of rotatable bonds is 5. The molecule has 1 aliphatic heterocycles. The molecule has 0 spiro atoms. The minimum Gasteiger partial charge on any atom is -0.497 e. The molecule has 0 unspecified atom stereocenters. The number of benzene rings is 1. The number of nitrogens with zero attached hydrogens (tertiary/aromatic N) is 2. The van der Waals surface area contributed by atoms with Crippen molar-refractivity contribution < 1.29 is 14.3 Å². The highest BCUT2D eigenvalue weighted by molar-refractivity contribution is 7.22. The number of aromatic nitrogens is 2. The van der Waals surface area contributed by atoms with Crippen LogP contribution in [0.5, 0.6) is 5.75 Å². The quantitative estimate of drug-likeness (QED) is 0.416. The molecule has 0 atom stereocenters. The van der Waals surface area contributed by atoms with Gasteiger partial charge in [0.05, 0.1) is 17.4 Å². The molecular formula is C23H18N4O3S2. The van der Waals surface area contributed by atoms with Crippen molar-refractivity contribution in [2.24, 2.45) is 0 Å². The Bertz CT molecular complexity index is 1420. The second-order valence-corrected chi connectivity index (χ2v) is 9.20. The monoisotopic (exact) mass is 462 g/mol. The lowest BCUT2D eigenvalue weighted by Crippen LogP contribution is -2.24. The maximum atomic E-state index is 12.3. The van der Waals surface area contributed by atoms with E-state index in [1.807, 2.05) is 48.7 Å². The number of carbonyl (C=O) groups is 2. The zero-order valence-electron chi connectivity index (χ0n) is 17.5. The number of anilines is 1. The summed E-state index contributed by atoms with van der Waals surface area (Å²) in [5, 5.41) is 8.23. The van der Waals surface area contributed by atoms with Crippen LogP contribution < -0.4 is 15.4 Å². The number of methoxy groups -OCH3 is 1. The Labute approximate surface area is 191 Å². The molecule has 0 radical (unpaired) electrons. The number of carbonyl (C=O) groups excluding carboxylic acids is 2. The highest BCUT2D eigenvalue weighted by Gasteiger charge is 2.29. The third-order valence-electron chi connectivity index (χ3n) is 5.28. The van der Waals surface area contributed by atoms with Crippen LogP contribution in [0.4, 0.5) is 5.82 Å². The molecule has 5 rings (SSSR count). The van der Waals surface area contributed by atoms with Crippen molar-refractivity contribution >= 4 is 50.5 Å². The third-order valence-corrected chi connectivity index (χ3v) is 7.38. The summed E-state index contributed by atoms with van der Waals surface area (Å²) < 4.78 is 5.39. The summed E-state index contributed by atoms with van der Waals surface area (Å²) >= 11 is 3.10. The Balaban J connectivity index is 1.73. The minimum absolute atomic E-state index is 0.209. The first kappa shape index (κ1) is 20.3. The molecule has 1 aliphatic rings. The fraction of sp³-hybridized carbons (Fsp3) is 0.130. The number of amides is 2. The van der Waals surface area contributed by atoms with Crippen LogP contribution in [0.1, 0.15) is 12.5 Å². The smallest absolute Gasteiger partial charge is 0.275 e. The number of aryl methyl sites for hydroxylation is 1. The van der Waals surface area contributed by atoms with Crippen molar-refractivity contribution in [2.45, 2.75) is 13.8 Å². The summed E-state index contributed by atoms with van der Waals surface area (Å²) in [4.78, 5) is 36.6. The summed E-state index contributed by atoms with van der Waals surface area (Å²) in [5.41, 5.74) is 2.54. The topological polar surface area (TPSA) is 93.2 Å².